The van der Waals surface area contributed by atoms with E-state index in [0.29, 0.717) is 52.0 Å². The Bertz CT molecular complexity index is 1630. The first-order valence-electron chi connectivity index (χ1n) is 14.1. The molecule has 0 saturated heterocycles. The molecule has 12 nitrogen and oxygen atoms in total. The van der Waals surface area contributed by atoms with Gasteiger partial charge in [0.2, 0.25) is 0 Å². The van der Waals surface area contributed by atoms with Crippen molar-refractivity contribution in [3.8, 4) is 23.0 Å². The van der Waals surface area contributed by atoms with Crippen LogP contribution in [0.15, 0.2) is 71.0 Å². The highest BCUT2D eigenvalue weighted by atomic mass is 127. The summed E-state index contributed by atoms with van der Waals surface area (Å²) in [6, 6.07) is 13.6. The van der Waals surface area contributed by atoms with E-state index < -0.39 is 24.3 Å². The number of carbonyl (C=O) groups is 2. The van der Waals surface area contributed by atoms with Crippen molar-refractivity contribution in [1.29, 1.82) is 0 Å². The van der Waals surface area contributed by atoms with Gasteiger partial charge in [-0.05, 0) is 72.3 Å². The van der Waals surface area contributed by atoms with Gasteiger partial charge < -0.3 is 39.4 Å². The minimum Gasteiger partial charge on any atom is -0.493 e. The summed E-state index contributed by atoms with van der Waals surface area (Å²) in [5.74, 6) is 0.485. The molecule has 0 unspecified atom stereocenters. The van der Waals surface area contributed by atoms with Gasteiger partial charge in [0.15, 0.2) is 29.2 Å². The van der Waals surface area contributed by atoms with Gasteiger partial charge in [-0.15, -0.1) is 0 Å². The number of allylic oxidation sites excluding steroid dienone is 1. The van der Waals surface area contributed by atoms with Crippen molar-refractivity contribution in [2.45, 2.75) is 32.7 Å². The van der Waals surface area contributed by atoms with Crippen molar-refractivity contribution in [2.24, 2.45) is 5.10 Å². The summed E-state index contributed by atoms with van der Waals surface area (Å²) in [5.41, 5.74) is 4.72. The van der Waals surface area contributed by atoms with Crippen LogP contribution in [-0.2, 0) is 16.1 Å². The molecule has 0 spiro atoms. The quantitative estimate of drug-likeness (QED) is 0.0614. The zero-order chi connectivity index (χ0) is 33.2. The van der Waals surface area contributed by atoms with E-state index in [9.17, 15) is 19.1 Å². The van der Waals surface area contributed by atoms with E-state index >= 15 is 0 Å². The van der Waals surface area contributed by atoms with Gasteiger partial charge >= 0.3 is 12.0 Å². The predicted molar refractivity (Wildman–Crippen MR) is 175 cm³/mol. The number of halogens is 2. The standard InChI is InChI=1S/C32H34FIN4O8/c1-5-44-25-13-19(29-28(31(40)43-4)18(2)36-32(41)37-29)10-11-24(25)45-17-27(39)38-35-15-21-12-22(34)14-26(42-3)30(21)46-16-20-8-6-7-9-23(20)33/h6-15,27,29,38-39H,5,16-17H2,1-4H3,(H2,36,37,41)/b35-15+/t27-,29+/m0/s1. The van der Waals surface area contributed by atoms with Gasteiger partial charge in [-0.1, -0.05) is 24.3 Å². The number of methoxy groups -OCH3 is 2. The molecule has 3 aromatic rings. The van der Waals surface area contributed by atoms with E-state index in [2.05, 4.69) is 43.8 Å². The lowest BCUT2D eigenvalue weighted by atomic mass is 9.95. The minimum atomic E-state index is -1.22. The molecule has 0 radical (unpaired) electrons. The molecule has 244 valence electrons. The highest BCUT2D eigenvalue weighted by molar-refractivity contribution is 14.1. The van der Waals surface area contributed by atoms with Gasteiger partial charge in [0.25, 0.3) is 0 Å². The molecule has 4 rings (SSSR count). The second-order valence-electron chi connectivity index (χ2n) is 9.82. The van der Waals surface area contributed by atoms with Gasteiger partial charge in [-0.2, -0.15) is 5.10 Å². The van der Waals surface area contributed by atoms with E-state index in [1.807, 2.05) is 0 Å². The smallest absolute Gasteiger partial charge is 0.337 e. The number of hydrogen-bond donors (Lipinski definition) is 4. The molecule has 0 aromatic heterocycles. The van der Waals surface area contributed by atoms with Gasteiger partial charge in [0.05, 0.1) is 38.7 Å². The lowest BCUT2D eigenvalue weighted by molar-refractivity contribution is -0.136. The molecular formula is C32H34FIN4O8. The van der Waals surface area contributed by atoms with Gasteiger partial charge in [-0.3, -0.25) is 5.43 Å². The molecule has 2 atom stereocenters. The Labute approximate surface area is 279 Å². The maximum Gasteiger partial charge on any atom is 0.337 e. The van der Waals surface area contributed by atoms with Crippen LogP contribution >= 0.6 is 22.6 Å². The summed E-state index contributed by atoms with van der Waals surface area (Å²) in [7, 11) is 2.77. The lowest BCUT2D eigenvalue weighted by Crippen LogP contribution is -2.45. The first kappa shape index (κ1) is 34.3. The normalized spacial score (nSPS) is 15.1. The summed E-state index contributed by atoms with van der Waals surface area (Å²) in [5, 5.41) is 20.0. The Morgan fingerprint density at radius 2 is 1.89 bits per heavy atom. The molecule has 46 heavy (non-hydrogen) atoms. The van der Waals surface area contributed by atoms with Gasteiger partial charge in [-0.25, -0.2) is 14.0 Å². The lowest BCUT2D eigenvalue weighted by Gasteiger charge is -2.28. The topological polar surface area (TPSA) is 149 Å². The number of nitrogens with zero attached hydrogens (tertiary/aromatic N) is 1. The molecule has 0 aliphatic carbocycles. The molecule has 4 N–H and O–H groups in total. The number of urea groups is 1. The third-order valence-corrected chi connectivity index (χ3v) is 7.32. The largest absolute Gasteiger partial charge is 0.493 e. The molecule has 2 amide bonds. The Morgan fingerprint density at radius 3 is 2.61 bits per heavy atom. The number of hydrazone groups is 1. The summed E-state index contributed by atoms with van der Waals surface area (Å²) in [6.45, 7) is 3.48. The van der Waals surface area contributed by atoms with E-state index in [-0.39, 0.29) is 24.6 Å². The number of ether oxygens (including phenoxy) is 5. The van der Waals surface area contributed by atoms with Crippen molar-refractivity contribution in [3.05, 3.63) is 91.9 Å². The Morgan fingerprint density at radius 1 is 1.11 bits per heavy atom. The van der Waals surface area contributed by atoms with Crippen molar-refractivity contribution in [3.63, 3.8) is 0 Å². The van der Waals surface area contributed by atoms with Crippen LogP contribution in [0.3, 0.4) is 0 Å². The Hall–Kier alpha value is -4.57. The number of rotatable bonds is 14. The van der Waals surface area contributed by atoms with E-state index in [0.717, 1.165) is 3.57 Å². The Balaban J connectivity index is 1.45. The van der Waals surface area contributed by atoms with Crippen LogP contribution < -0.4 is 35.0 Å². The van der Waals surface area contributed by atoms with Crippen LogP contribution in [0.5, 0.6) is 23.0 Å². The minimum absolute atomic E-state index is 0.0286. The first-order valence-corrected chi connectivity index (χ1v) is 15.2. The number of nitrogens with one attached hydrogen (secondary N) is 3. The summed E-state index contributed by atoms with van der Waals surface area (Å²) in [4.78, 5) is 24.6. The summed E-state index contributed by atoms with van der Waals surface area (Å²) < 4.78 is 42.9. The Kier molecular flexibility index (Phi) is 12.0. The van der Waals surface area contributed by atoms with Gasteiger partial charge in [0, 0.05) is 20.4 Å². The maximum atomic E-state index is 14.2. The van der Waals surface area contributed by atoms with Crippen LogP contribution in [0.2, 0.25) is 0 Å². The second kappa shape index (κ2) is 16.1. The van der Waals surface area contributed by atoms with E-state index in [1.165, 1.54) is 26.5 Å². The molecule has 0 bridgehead atoms. The van der Waals surface area contributed by atoms with Crippen molar-refractivity contribution in [1.82, 2.24) is 16.1 Å². The summed E-state index contributed by atoms with van der Waals surface area (Å²) >= 11 is 2.13. The number of amides is 2. The average molecular weight is 749 g/mol. The number of aliphatic hydroxyl groups is 1. The number of hydrogen-bond acceptors (Lipinski definition) is 10. The van der Waals surface area contributed by atoms with Crippen molar-refractivity contribution >= 4 is 40.8 Å². The van der Waals surface area contributed by atoms with Crippen molar-refractivity contribution < 1.29 is 42.8 Å². The molecule has 0 saturated carbocycles. The zero-order valence-electron chi connectivity index (χ0n) is 25.6. The molecular weight excluding hydrogens is 714 g/mol. The highest BCUT2D eigenvalue weighted by Gasteiger charge is 2.32. The van der Waals surface area contributed by atoms with Crippen molar-refractivity contribution in [2.75, 3.05) is 27.4 Å². The molecule has 3 aromatic carbocycles. The van der Waals surface area contributed by atoms with E-state index in [1.54, 1.807) is 62.4 Å². The fourth-order valence-corrected chi connectivity index (χ4v) is 5.19. The fourth-order valence-electron chi connectivity index (χ4n) is 4.57. The molecule has 14 heteroatoms. The fraction of sp³-hybridized carbons (Fsp3) is 0.281. The number of aliphatic hydroxyl groups excluding tert-OH is 1. The maximum absolute atomic E-state index is 14.2. The third-order valence-electron chi connectivity index (χ3n) is 6.70. The van der Waals surface area contributed by atoms with Crippen LogP contribution in [0.25, 0.3) is 0 Å². The molecule has 1 aliphatic rings. The number of benzene rings is 3. The first-order chi connectivity index (χ1) is 22.1. The highest BCUT2D eigenvalue weighted by Crippen LogP contribution is 2.35. The summed E-state index contributed by atoms with van der Waals surface area (Å²) in [6.07, 6.45) is 0.227. The number of carbonyl (C=O) groups excluding carboxylic acids is 2. The predicted octanol–water partition coefficient (Wildman–Crippen LogP) is 4.54. The molecule has 1 aliphatic heterocycles. The average Bonchev–Trinajstić information content (AvgIpc) is 3.03. The van der Waals surface area contributed by atoms with E-state index in [4.69, 9.17) is 23.7 Å². The molecule has 1 heterocycles. The van der Waals surface area contributed by atoms with Crippen LogP contribution in [0.1, 0.15) is 36.6 Å². The molecule has 0 fully saturated rings. The number of esters is 1. The second-order valence-corrected chi connectivity index (χ2v) is 11.1. The van der Waals surface area contributed by atoms with Gasteiger partial charge in [0.1, 0.15) is 19.0 Å². The van der Waals surface area contributed by atoms with Crippen LogP contribution in [0.4, 0.5) is 9.18 Å². The monoisotopic (exact) mass is 748 g/mol. The third kappa shape index (κ3) is 8.57. The van der Waals surface area contributed by atoms with Crippen LogP contribution in [0, 0.1) is 9.39 Å². The SMILES string of the molecule is CCOc1cc([C@H]2NC(=O)NC(C)=C2C(=O)OC)ccc1OC[C@H](O)N/N=C/c1cc(I)cc(OC)c1OCc1ccccc1F. The zero-order valence-corrected chi connectivity index (χ0v) is 27.7. The van der Waals surface area contributed by atoms with Crippen LogP contribution in [-0.4, -0.2) is 57.0 Å².